The van der Waals surface area contributed by atoms with Crippen LogP contribution in [0.2, 0.25) is 0 Å². The Kier molecular flexibility index (Phi) is 2.53. The molecule has 0 aliphatic carbocycles. The molecule has 0 aromatic carbocycles. The molecule has 0 unspecified atom stereocenters. The fourth-order valence-electron chi connectivity index (χ4n) is 0.846. The SMILES string of the molecule is O=C(O)CNn1cccc1C(=O)O. The fraction of sp³-hybridized carbons (Fsp3) is 0.143. The van der Waals surface area contributed by atoms with E-state index in [1.165, 1.54) is 18.3 Å². The van der Waals surface area contributed by atoms with Gasteiger partial charge < -0.3 is 15.6 Å². The Labute approximate surface area is 73.4 Å². The van der Waals surface area contributed by atoms with Crippen molar-refractivity contribution < 1.29 is 19.8 Å². The molecule has 0 bridgehead atoms. The first-order chi connectivity index (χ1) is 6.11. The van der Waals surface area contributed by atoms with Crippen LogP contribution < -0.4 is 5.43 Å². The number of aromatic nitrogens is 1. The van der Waals surface area contributed by atoms with E-state index >= 15 is 0 Å². The smallest absolute Gasteiger partial charge is 0.354 e. The predicted molar refractivity (Wildman–Crippen MR) is 43.3 cm³/mol. The number of aliphatic carboxylic acids is 1. The van der Waals surface area contributed by atoms with E-state index in [2.05, 4.69) is 5.43 Å². The number of carbonyl (C=O) groups is 2. The van der Waals surface area contributed by atoms with Gasteiger partial charge in [-0.15, -0.1) is 0 Å². The number of carboxylic acids is 2. The van der Waals surface area contributed by atoms with Crippen molar-refractivity contribution >= 4 is 11.9 Å². The minimum Gasteiger partial charge on any atom is -0.480 e. The fourth-order valence-corrected chi connectivity index (χ4v) is 0.846. The summed E-state index contributed by atoms with van der Waals surface area (Å²) in [5, 5.41) is 16.9. The lowest BCUT2D eigenvalue weighted by Gasteiger charge is -2.06. The van der Waals surface area contributed by atoms with Gasteiger partial charge in [0, 0.05) is 6.20 Å². The lowest BCUT2D eigenvalue weighted by molar-refractivity contribution is -0.135. The highest BCUT2D eigenvalue weighted by Crippen LogP contribution is 1.98. The molecule has 1 heterocycles. The number of rotatable bonds is 4. The van der Waals surface area contributed by atoms with E-state index in [1.807, 2.05) is 0 Å². The molecular formula is C7H8N2O4. The first-order valence-electron chi connectivity index (χ1n) is 3.47. The number of hydrogen-bond acceptors (Lipinski definition) is 3. The predicted octanol–water partition coefficient (Wildman–Crippen LogP) is -0.186. The third kappa shape index (κ3) is 2.22. The zero-order valence-corrected chi connectivity index (χ0v) is 6.60. The lowest BCUT2D eigenvalue weighted by Crippen LogP contribution is -2.24. The molecule has 0 radical (unpaired) electrons. The summed E-state index contributed by atoms with van der Waals surface area (Å²) < 4.78 is 1.15. The average Bonchev–Trinajstić information content (AvgIpc) is 2.47. The van der Waals surface area contributed by atoms with Crippen LogP contribution in [0.5, 0.6) is 0 Å². The molecule has 0 fully saturated rings. The van der Waals surface area contributed by atoms with Crippen LogP contribution in [0, 0.1) is 0 Å². The summed E-state index contributed by atoms with van der Waals surface area (Å²) in [4.78, 5) is 20.7. The van der Waals surface area contributed by atoms with Gasteiger partial charge in [0.1, 0.15) is 12.2 Å². The van der Waals surface area contributed by atoms with Crippen LogP contribution in [0.3, 0.4) is 0 Å². The van der Waals surface area contributed by atoms with E-state index in [1.54, 1.807) is 0 Å². The summed E-state index contributed by atoms with van der Waals surface area (Å²) >= 11 is 0. The van der Waals surface area contributed by atoms with Gasteiger partial charge >= 0.3 is 11.9 Å². The van der Waals surface area contributed by atoms with E-state index in [0.717, 1.165) is 4.68 Å². The lowest BCUT2D eigenvalue weighted by atomic mass is 10.4. The highest BCUT2D eigenvalue weighted by molar-refractivity contribution is 5.86. The van der Waals surface area contributed by atoms with Crippen molar-refractivity contribution in [1.82, 2.24) is 4.68 Å². The molecule has 0 saturated carbocycles. The quantitative estimate of drug-likeness (QED) is 0.603. The summed E-state index contributed by atoms with van der Waals surface area (Å²) in [7, 11) is 0. The largest absolute Gasteiger partial charge is 0.480 e. The van der Waals surface area contributed by atoms with Gasteiger partial charge in [0.05, 0.1) is 0 Å². The van der Waals surface area contributed by atoms with Gasteiger partial charge in [-0.1, -0.05) is 0 Å². The molecule has 0 atom stereocenters. The molecule has 0 aliphatic heterocycles. The Balaban J connectivity index is 2.71. The molecule has 1 rings (SSSR count). The maximum Gasteiger partial charge on any atom is 0.354 e. The normalized spacial score (nSPS) is 9.54. The number of aromatic carboxylic acids is 1. The average molecular weight is 184 g/mol. The second-order valence-corrected chi connectivity index (χ2v) is 2.30. The highest BCUT2D eigenvalue weighted by Gasteiger charge is 2.08. The summed E-state index contributed by atoms with van der Waals surface area (Å²) in [5.74, 6) is -2.16. The Morgan fingerprint density at radius 1 is 1.46 bits per heavy atom. The van der Waals surface area contributed by atoms with Gasteiger partial charge in [-0.3, -0.25) is 9.47 Å². The second kappa shape index (κ2) is 3.61. The topological polar surface area (TPSA) is 91.6 Å². The van der Waals surface area contributed by atoms with Crippen LogP contribution in [-0.2, 0) is 4.79 Å². The summed E-state index contributed by atoms with van der Waals surface area (Å²) in [6, 6.07) is 2.88. The van der Waals surface area contributed by atoms with Crippen LogP contribution in [0.1, 0.15) is 10.5 Å². The molecule has 0 saturated heterocycles. The highest BCUT2D eigenvalue weighted by atomic mass is 16.4. The molecule has 6 heteroatoms. The van der Waals surface area contributed by atoms with Crippen LogP contribution in [0.25, 0.3) is 0 Å². The first-order valence-corrected chi connectivity index (χ1v) is 3.47. The number of hydrogen-bond donors (Lipinski definition) is 3. The third-order valence-electron chi connectivity index (χ3n) is 1.37. The standard InChI is InChI=1S/C7H8N2O4/c10-6(11)4-8-9-3-1-2-5(9)7(12)13/h1-3,8H,4H2,(H,10,11)(H,12,13). The molecule has 70 valence electrons. The minimum atomic E-state index is -1.11. The molecule has 0 amide bonds. The molecule has 6 nitrogen and oxygen atoms in total. The Bertz CT molecular complexity index is 331. The number of nitrogens with zero attached hydrogens (tertiary/aromatic N) is 1. The van der Waals surface area contributed by atoms with Crippen LogP contribution in [0.15, 0.2) is 18.3 Å². The summed E-state index contributed by atoms with van der Waals surface area (Å²) in [5.41, 5.74) is 2.41. The maximum absolute atomic E-state index is 10.5. The molecule has 1 aromatic rings. The van der Waals surface area contributed by atoms with Crippen molar-refractivity contribution in [2.24, 2.45) is 0 Å². The van der Waals surface area contributed by atoms with Crippen LogP contribution in [-0.4, -0.2) is 33.4 Å². The van der Waals surface area contributed by atoms with E-state index in [9.17, 15) is 9.59 Å². The van der Waals surface area contributed by atoms with E-state index in [0.29, 0.717) is 0 Å². The van der Waals surface area contributed by atoms with Gasteiger partial charge in [0.2, 0.25) is 0 Å². The molecule has 13 heavy (non-hydrogen) atoms. The Morgan fingerprint density at radius 3 is 2.69 bits per heavy atom. The zero-order valence-electron chi connectivity index (χ0n) is 6.60. The second-order valence-electron chi connectivity index (χ2n) is 2.30. The van der Waals surface area contributed by atoms with E-state index in [4.69, 9.17) is 10.2 Å². The molecule has 0 spiro atoms. The van der Waals surface area contributed by atoms with Crippen molar-refractivity contribution in [2.75, 3.05) is 12.0 Å². The molecular weight excluding hydrogens is 176 g/mol. The van der Waals surface area contributed by atoms with Gasteiger partial charge in [-0.25, -0.2) is 4.79 Å². The van der Waals surface area contributed by atoms with Gasteiger partial charge in [-0.2, -0.15) is 0 Å². The van der Waals surface area contributed by atoms with Crippen LogP contribution >= 0.6 is 0 Å². The Morgan fingerprint density at radius 2 is 2.15 bits per heavy atom. The van der Waals surface area contributed by atoms with Crippen LogP contribution in [0.4, 0.5) is 0 Å². The first kappa shape index (κ1) is 9.11. The van der Waals surface area contributed by atoms with Gasteiger partial charge in [-0.05, 0) is 12.1 Å². The van der Waals surface area contributed by atoms with Crippen molar-refractivity contribution in [2.45, 2.75) is 0 Å². The van der Waals surface area contributed by atoms with E-state index < -0.39 is 11.9 Å². The summed E-state index contributed by atoms with van der Waals surface area (Å²) in [6.07, 6.45) is 1.44. The maximum atomic E-state index is 10.5. The van der Waals surface area contributed by atoms with Gasteiger partial charge in [0.25, 0.3) is 0 Å². The van der Waals surface area contributed by atoms with E-state index in [-0.39, 0.29) is 12.2 Å². The van der Waals surface area contributed by atoms with Crippen molar-refractivity contribution in [1.29, 1.82) is 0 Å². The minimum absolute atomic E-state index is 0.00116. The summed E-state index contributed by atoms with van der Waals surface area (Å²) in [6.45, 7) is -0.324. The Hall–Kier alpha value is -1.98. The third-order valence-corrected chi connectivity index (χ3v) is 1.37. The molecule has 3 N–H and O–H groups in total. The molecule has 1 aromatic heterocycles. The van der Waals surface area contributed by atoms with Crippen molar-refractivity contribution in [3.05, 3.63) is 24.0 Å². The van der Waals surface area contributed by atoms with Crippen molar-refractivity contribution in [3.8, 4) is 0 Å². The number of nitrogens with one attached hydrogen (secondary N) is 1. The van der Waals surface area contributed by atoms with Gasteiger partial charge in [0.15, 0.2) is 0 Å². The molecule has 0 aliphatic rings. The zero-order chi connectivity index (χ0) is 9.84. The van der Waals surface area contributed by atoms with Crippen molar-refractivity contribution in [3.63, 3.8) is 0 Å². The monoisotopic (exact) mass is 184 g/mol. The number of carboxylic acid groups (broad SMARTS) is 2.